The first-order chi connectivity index (χ1) is 20.2. The minimum absolute atomic E-state index is 0.0435. The molecule has 0 saturated heterocycles. The van der Waals surface area contributed by atoms with Gasteiger partial charge in [-0.2, -0.15) is 0 Å². The largest absolute Gasteiger partial charge is 0.497 e. The molecule has 2 N–H and O–H groups in total. The Labute approximate surface area is 256 Å². The van der Waals surface area contributed by atoms with Crippen LogP contribution < -0.4 is 19.7 Å². The van der Waals surface area contributed by atoms with Gasteiger partial charge in [0.1, 0.15) is 11.8 Å². The van der Waals surface area contributed by atoms with Gasteiger partial charge in [0.2, 0.25) is 21.8 Å². The number of nitrogens with zero attached hydrogens (tertiary/aromatic N) is 1. The number of hydrogen-bond acceptors (Lipinski definition) is 5. The highest BCUT2D eigenvalue weighted by molar-refractivity contribution is 7.89. The lowest BCUT2D eigenvalue weighted by Crippen LogP contribution is -2.51. The number of carbonyl (C=O) groups excluding carboxylic acids is 2. The summed E-state index contributed by atoms with van der Waals surface area (Å²) in [6.45, 7) is 11.5. The molecule has 3 rings (SSSR count). The molecule has 0 heterocycles. The second kappa shape index (κ2) is 14.7. The van der Waals surface area contributed by atoms with Crippen LogP contribution in [0.5, 0.6) is 5.75 Å². The molecule has 0 aliphatic rings. The Kier molecular flexibility index (Phi) is 11.5. The number of amides is 2. The molecule has 1 atom stereocenters. The van der Waals surface area contributed by atoms with E-state index >= 15 is 0 Å². The van der Waals surface area contributed by atoms with Crippen molar-refractivity contribution in [2.45, 2.75) is 76.7 Å². The highest BCUT2D eigenvalue weighted by Gasteiger charge is 2.29. The van der Waals surface area contributed by atoms with E-state index in [1.54, 1.807) is 38.4 Å². The van der Waals surface area contributed by atoms with E-state index in [0.29, 0.717) is 11.4 Å². The maximum atomic E-state index is 13.7. The van der Waals surface area contributed by atoms with Crippen molar-refractivity contribution in [2.24, 2.45) is 0 Å². The quantitative estimate of drug-likeness (QED) is 0.258. The molecule has 0 unspecified atom stereocenters. The zero-order chi connectivity index (χ0) is 31.9. The summed E-state index contributed by atoms with van der Waals surface area (Å²) in [5.74, 6) is -0.127. The fraction of sp³-hybridized carbons (Fsp3) is 0.412. The van der Waals surface area contributed by atoms with E-state index < -0.39 is 28.5 Å². The molecule has 0 bridgehead atoms. The Morgan fingerprint density at radius 3 is 1.88 bits per heavy atom. The average molecular weight is 608 g/mol. The van der Waals surface area contributed by atoms with Crippen molar-refractivity contribution in [2.75, 3.05) is 25.6 Å². The van der Waals surface area contributed by atoms with Crippen molar-refractivity contribution < 1.29 is 22.7 Å². The molecular formula is C34H45N3O5S. The lowest BCUT2D eigenvalue weighted by Gasteiger charge is -2.25. The van der Waals surface area contributed by atoms with Crippen molar-refractivity contribution in [3.05, 3.63) is 89.0 Å². The fourth-order valence-electron chi connectivity index (χ4n) is 4.89. The zero-order valence-corrected chi connectivity index (χ0v) is 27.3. The Hall–Kier alpha value is -3.69. The molecule has 9 heteroatoms. The molecule has 8 nitrogen and oxygen atoms in total. The minimum atomic E-state index is -4.05. The third kappa shape index (κ3) is 8.67. The summed E-state index contributed by atoms with van der Waals surface area (Å²) in [6.07, 6.45) is 0.240. The standard InChI is InChI=1S/C34H45N3O5S/c1-22(2)26-19-29(23(3)4)33(30(20-26)24(5)6)43(40,41)35-21-32(38)36-31(18-25-12-10-9-11-13-25)34(39)37(7)27-14-16-28(42-8)17-15-27/h9-17,19-20,22-24,31,35H,18,21H2,1-8H3,(H,36,38)/t31-/m0/s1. The van der Waals surface area contributed by atoms with Gasteiger partial charge in [-0.1, -0.05) is 84.0 Å². The van der Waals surface area contributed by atoms with Crippen LogP contribution in [0.1, 0.15) is 81.5 Å². The monoisotopic (exact) mass is 607 g/mol. The highest BCUT2D eigenvalue weighted by atomic mass is 32.2. The van der Waals surface area contributed by atoms with Gasteiger partial charge in [-0.15, -0.1) is 0 Å². The maximum Gasteiger partial charge on any atom is 0.249 e. The van der Waals surface area contributed by atoms with E-state index in [4.69, 9.17) is 4.74 Å². The molecule has 0 aliphatic heterocycles. The van der Waals surface area contributed by atoms with Crippen LogP contribution in [0.2, 0.25) is 0 Å². The summed E-state index contributed by atoms with van der Waals surface area (Å²) in [5, 5.41) is 2.78. The second-order valence-electron chi connectivity index (χ2n) is 11.7. The molecular weight excluding hydrogens is 562 g/mol. The molecule has 232 valence electrons. The molecule has 0 spiro atoms. The molecule has 3 aromatic carbocycles. The molecule has 0 radical (unpaired) electrons. The molecule has 2 amide bonds. The summed E-state index contributed by atoms with van der Waals surface area (Å²) in [7, 11) is -0.843. The van der Waals surface area contributed by atoms with Crippen molar-refractivity contribution in [1.82, 2.24) is 10.0 Å². The van der Waals surface area contributed by atoms with Gasteiger partial charge >= 0.3 is 0 Å². The number of rotatable bonds is 13. The third-order valence-corrected chi connectivity index (χ3v) is 9.01. The lowest BCUT2D eigenvalue weighted by molar-refractivity contribution is -0.126. The summed E-state index contributed by atoms with van der Waals surface area (Å²) >= 11 is 0. The molecule has 0 aliphatic carbocycles. The topological polar surface area (TPSA) is 105 Å². The number of hydrogen-bond donors (Lipinski definition) is 2. The summed E-state index contributed by atoms with van der Waals surface area (Å²) in [6, 6.07) is 19.4. The molecule has 0 saturated carbocycles. The van der Waals surface area contributed by atoms with E-state index in [0.717, 1.165) is 22.3 Å². The van der Waals surface area contributed by atoms with Crippen LogP contribution in [0.15, 0.2) is 71.6 Å². The van der Waals surface area contributed by atoms with Crippen molar-refractivity contribution in [1.29, 1.82) is 0 Å². The van der Waals surface area contributed by atoms with Gasteiger partial charge < -0.3 is 15.0 Å². The van der Waals surface area contributed by atoms with Crippen LogP contribution in [-0.4, -0.2) is 47.0 Å². The fourth-order valence-corrected chi connectivity index (χ4v) is 6.57. The lowest BCUT2D eigenvalue weighted by atomic mass is 9.89. The number of anilines is 1. The summed E-state index contributed by atoms with van der Waals surface area (Å²) in [4.78, 5) is 28.5. The maximum absolute atomic E-state index is 13.7. The Bertz CT molecular complexity index is 1470. The number of sulfonamides is 1. The zero-order valence-electron chi connectivity index (χ0n) is 26.5. The summed E-state index contributed by atoms with van der Waals surface area (Å²) in [5.41, 5.74) is 4.01. The number of carbonyl (C=O) groups is 2. The van der Waals surface area contributed by atoms with Gasteiger partial charge in [0.25, 0.3) is 0 Å². The second-order valence-corrected chi connectivity index (χ2v) is 13.4. The minimum Gasteiger partial charge on any atom is -0.497 e. The molecule has 3 aromatic rings. The summed E-state index contributed by atoms with van der Waals surface area (Å²) < 4.78 is 35.2. The predicted molar refractivity (Wildman–Crippen MR) is 172 cm³/mol. The van der Waals surface area contributed by atoms with Gasteiger partial charge in [0, 0.05) is 19.2 Å². The van der Waals surface area contributed by atoms with E-state index in [1.807, 2.05) is 70.2 Å². The first-order valence-electron chi connectivity index (χ1n) is 14.7. The Morgan fingerprint density at radius 2 is 1.40 bits per heavy atom. The van der Waals surface area contributed by atoms with Crippen molar-refractivity contribution in [3.8, 4) is 5.75 Å². The van der Waals surface area contributed by atoms with Crippen LogP contribution in [-0.2, 0) is 26.0 Å². The van der Waals surface area contributed by atoms with E-state index in [1.165, 1.54) is 4.90 Å². The highest BCUT2D eigenvalue weighted by Crippen LogP contribution is 2.35. The van der Waals surface area contributed by atoms with E-state index in [2.05, 4.69) is 23.9 Å². The first kappa shape index (κ1) is 33.8. The van der Waals surface area contributed by atoms with Gasteiger partial charge in [0.15, 0.2) is 0 Å². The van der Waals surface area contributed by atoms with E-state index in [-0.39, 0.29) is 35.0 Å². The molecule has 0 fully saturated rings. The first-order valence-corrected chi connectivity index (χ1v) is 16.2. The number of nitrogens with one attached hydrogen (secondary N) is 2. The van der Waals surface area contributed by atoms with E-state index in [9.17, 15) is 18.0 Å². The van der Waals surface area contributed by atoms with Gasteiger partial charge in [-0.25, -0.2) is 13.1 Å². The third-order valence-electron chi connectivity index (χ3n) is 7.48. The van der Waals surface area contributed by atoms with Gasteiger partial charge in [0.05, 0.1) is 18.6 Å². The van der Waals surface area contributed by atoms with Crippen LogP contribution in [0, 0.1) is 0 Å². The van der Waals surface area contributed by atoms with Gasteiger partial charge in [-0.05, 0) is 64.3 Å². The predicted octanol–water partition coefficient (Wildman–Crippen LogP) is 5.73. The number of benzene rings is 3. The number of methoxy groups -OCH3 is 1. The normalized spacial score (nSPS) is 12.4. The van der Waals surface area contributed by atoms with Crippen molar-refractivity contribution >= 4 is 27.5 Å². The molecule has 43 heavy (non-hydrogen) atoms. The van der Waals surface area contributed by atoms with Crippen LogP contribution in [0.3, 0.4) is 0 Å². The average Bonchev–Trinajstić information content (AvgIpc) is 2.98. The van der Waals surface area contributed by atoms with Crippen LogP contribution in [0.25, 0.3) is 0 Å². The smallest absolute Gasteiger partial charge is 0.249 e. The Balaban J connectivity index is 1.86. The number of likely N-dealkylation sites (N-methyl/N-ethyl adjacent to an activating group) is 1. The van der Waals surface area contributed by atoms with Gasteiger partial charge in [-0.3, -0.25) is 9.59 Å². The van der Waals surface area contributed by atoms with Crippen molar-refractivity contribution in [3.63, 3.8) is 0 Å². The number of ether oxygens (including phenoxy) is 1. The van der Waals surface area contributed by atoms with Crippen LogP contribution in [0.4, 0.5) is 5.69 Å². The SMILES string of the molecule is COc1ccc(N(C)C(=O)[C@H](Cc2ccccc2)NC(=O)CNS(=O)(=O)c2c(C(C)C)cc(C(C)C)cc2C(C)C)cc1. The Morgan fingerprint density at radius 1 is 0.837 bits per heavy atom. The molecule has 0 aromatic heterocycles. The van der Waals surface area contributed by atoms with Crippen LogP contribution >= 0.6 is 0 Å².